The van der Waals surface area contributed by atoms with Gasteiger partial charge in [0.15, 0.2) is 5.69 Å². The molecule has 2 amide bonds. The summed E-state index contributed by atoms with van der Waals surface area (Å²) in [6.07, 6.45) is 2.44. The predicted octanol–water partition coefficient (Wildman–Crippen LogP) is 0.0774. The Morgan fingerprint density at radius 1 is 1.53 bits per heavy atom. The van der Waals surface area contributed by atoms with E-state index < -0.39 is 0 Å². The maximum Gasteiger partial charge on any atom is 0.276 e. The van der Waals surface area contributed by atoms with Crippen LogP contribution >= 0.6 is 0 Å². The molecule has 19 heavy (non-hydrogen) atoms. The summed E-state index contributed by atoms with van der Waals surface area (Å²) in [6.45, 7) is 0.337. The van der Waals surface area contributed by atoms with E-state index in [9.17, 15) is 9.59 Å². The van der Waals surface area contributed by atoms with Gasteiger partial charge in [0.05, 0.1) is 11.4 Å². The number of hydrogen-bond acceptors (Lipinski definition) is 4. The van der Waals surface area contributed by atoms with E-state index in [1.807, 2.05) is 0 Å². The highest BCUT2D eigenvalue weighted by atomic mass is 16.2. The standard InChI is InChI=1S/C12H19N5O2/c1-14-8(18)5-6-17(2)12(19)11-9(13)10(15-16-11)7-3-4-7/h7H,3-6,13H2,1-2H3,(H,14,18)(H,15,16). The zero-order valence-electron chi connectivity index (χ0n) is 11.2. The van der Waals surface area contributed by atoms with E-state index in [4.69, 9.17) is 5.73 Å². The van der Waals surface area contributed by atoms with Crippen molar-refractivity contribution in [3.8, 4) is 0 Å². The first kappa shape index (κ1) is 13.4. The number of nitrogens with zero attached hydrogens (tertiary/aromatic N) is 2. The van der Waals surface area contributed by atoms with Crippen molar-refractivity contribution in [2.24, 2.45) is 0 Å². The van der Waals surface area contributed by atoms with Crippen molar-refractivity contribution >= 4 is 17.5 Å². The molecule has 0 spiro atoms. The van der Waals surface area contributed by atoms with Crippen LogP contribution in [0, 0.1) is 0 Å². The van der Waals surface area contributed by atoms with Crippen LogP contribution in [0.1, 0.15) is 41.4 Å². The van der Waals surface area contributed by atoms with Gasteiger partial charge in [-0.15, -0.1) is 0 Å². The summed E-state index contributed by atoms with van der Waals surface area (Å²) in [5.74, 6) is 0.0584. The number of carbonyl (C=O) groups excluding carboxylic acids is 2. The van der Waals surface area contributed by atoms with Crippen LogP contribution in [-0.4, -0.2) is 47.6 Å². The number of aromatic nitrogens is 2. The van der Waals surface area contributed by atoms with Crippen molar-refractivity contribution < 1.29 is 9.59 Å². The van der Waals surface area contributed by atoms with Crippen molar-refractivity contribution in [2.45, 2.75) is 25.2 Å². The van der Waals surface area contributed by atoms with E-state index >= 15 is 0 Å². The fraction of sp³-hybridized carbons (Fsp3) is 0.583. The first-order valence-corrected chi connectivity index (χ1v) is 6.34. The van der Waals surface area contributed by atoms with Crippen LogP contribution in [0.2, 0.25) is 0 Å². The number of nitrogen functional groups attached to an aromatic ring is 1. The Bertz CT molecular complexity index is 492. The van der Waals surface area contributed by atoms with Gasteiger partial charge in [-0.25, -0.2) is 0 Å². The molecular formula is C12H19N5O2. The molecule has 0 unspecified atom stereocenters. The van der Waals surface area contributed by atoms with Crippen molar-refractivity contribution in [2.75, 3.05) is 26.4 Å². The molecule has 0 bridgehead atoms. The smallest absolute Gasteiger partial charge is 0.276 e. The normalized spacial score (nSPS) is 14.2. The van der Waals surface area contributed by atoms with Gasteiger partial charge in [-0.05, 0) is 12.8 Å². The lowest BCUT2D eigenvalue weighted by Gasteiger charge is -2.15. The second-order valence-electron chi connectivity index (χ2n) is 4.82. The topological polar surface area (TPSA) is 104 Å². The molecule has 104 valence electrons. The summed E-state index contributed by atoms with van der Waals surface area (Å²) in [6, 6.07) is 0. The van der Waals surface area contributed by atoms with Crippen LogP contribution in [0.15, 0.2) is 0 Å². The van der Waals surface area contributed by atoms with E-state index in [0.717, 1.165) is 18.5 Å². The molecule has 0 saturated heterocycles. The van der Waals surface area contributed by atoms with E-state index in [1.165, 1.54) is 4.90 Å². The van der Waals surface area contributed by atoms with Crippen molar-refractivity contribution in [1.82, 2.24) is 20.4 Å². The highest BCUT2D eigenvalue weighted by Gasteiger charge is 2.31. The largest absolute Gasteiger partial charge is 0.395 e. The zero-order chi connectivity index (χ0) is 14.0. The summed E-state index contributed by atoms with van der Waals surface area (Å²) in [4.78, 5) is 24.8. The van der Waals surface area contributed by atoms with Gasteiger partial charge in [-0.3, -0.25) is 14.7 Å². The van der Waals surface area contributed by atoms with Crippen LogP contribution < -0.4 is 11.1 Å². The number of nitrogens with two attached hydrogens (primary N) is 1. The highest BCUT2D eigenvalue weighted by Crippen LogP contribution is 2.42. The van der Waals surface area contributed by atoms with E-state index in [2.05, 4.69) is 15.5 Å². The Hall–Kier alpha value is -2.05. The number of H-pyrrole nitrogens is 1. The summed E-state index contributed by atoms with van der Waals surface area (Å²) in [5, 5.41) is 9.36. The third kappa shape index (κ3) is 2.86. The maximum absolute atomic E-state index is 12.2. The quantitative estimate of drug-likeness (QED) is 0.701. The average Bonchev–Trinajstić information content (AvgIpc) is 3.18. The zero-order valence-corrected chi connectivity index (χ0v) is 11.2. The molecule has 0 aliphatic heterocycles. The van der Waals surface area contributed by atoms with Gasteiger partial charge in [0.1, 0.15) is 0 Å². The van der Waals surface area contributed by atoms with Crippen molar-refractivity contribution in [3.63, 3.8) is 0 Å². The Morgan fingerprint density at radius 2 is 2.21 bits per heavy atom. The molecule has 7 heteroatoms. The number of aromatic amines is 1. The lowest BCUT2D eigenvalue weighted by Crippen LogP contribution is -2.32. The lowest BCUT2D eigenvalue weighted by molar-refractivity contribution is -0.120. The fourth-order valence-corrected chi connectivity index (χ4v) is 1.89. The minimum atomic E-state index is -0.260. The van der Waals surface area contributed by atoms with E-state index in [1.54, 1.807) is 14.1 Å². The van der Waals surface area contributed by atoms with Gasteiger partial charge in [0.2, 0.25) is 5.91 Å². The average molecular weight is 265 g/mol. The number of rotatable bonds is 5. The SMILES string of the molecule is CNC(=O)CCN(C)C(=O)c1n[nH]c(C2CC2)c1N. The second kappa shape index (κ2) is 5.29. The van der Waals surface area contributed by atoms with Gasteiger partial charge in [-0.2, -0.15) is 5.10 Å². The Labute approximate surface area is 111 Å². The second-order valence-corrected chi connectivity index (χ2v) is 4.82. The van der Waals surface area contributed by atoms with Gasteiger partial charge in [-0.1, -0.05) is 0 Å². The summed E-state index contributed by atoms with van der Waals surface area (Å²) < 4.78 is 0. The number of nitrogens with one attached hydrogen (secondary N) is 2. The molecule has 0 atom stereocenters. The van der Waals surface area contributed by atoms with Crippen LogP contribution in [0.3, 0.4) is 0 Å². The molecule has 1 heterocycles. The first-order valence-electron chi connectivity index (χ1n) is 6.34. The molecule has 1 saturated carbocycles. The lowest BCUT2D eigenvalue weighted by atomic mass is 10.2. The van der Waals surface area contributed by atoms with Crippen LogP contribution in [0.25, 0.3) is 0 Å². The molecular weight excluding hydrogens is 246 g/mol. The summed E-state index contributed by atoms with van der Waals surface area (Å²) >= 11 is 0. The number of anilines is 1. The number of hydrogen-bond donors (Lipinski definition) is 3. The molecule has 4 N–H and O–H groups in total. The van der Waals surface area contributed by atoms with Gasteiger partial charge in [0, 0.05) is 33.0 Å². The third-order valence-electron chi connectivity index (χ3n) is 3.32. The van der Waals surface area contributed by atoms with Crippen LogP contribution in [-0.2, 0) is 4.79 Å². The summed E-state index contributed by atoms with van der Waals surface area (Å²) in [7, 11) is 3.20. The molecule has 0 radical (unpaired) electrons. The highest BCUT2D eigenvalue weighted by molar-refractivity contribution is 5.97. The Morgan fingerprint density at radius 3 is 2.79 bits per heavy atom. The maximum atomic E-state index is 12.2. The number of carbonyl (C=O) groups is 2. The van der Waals surface area contributed by atoms with Gasteiger partial charge < -0.3 is 16.0 Å². The predicted molar refractivity (Wildman–Crippen MR) is 70.6 cm³/mol. The van der Waals surface area contributed by atoms with Crippen molar-refractivity contribution in [1.29, 1.82) is 0 Å². The molecule has 0 aromatic carbocycles. The minimum absolute atomic E-state index is 0.103. The first-order chi connectivity index (χ1) is 9.04. The van der Waals surface area contributed by atoms with Crippen LogP contribution in [0.4, 0.5) is 5.69 Å². The van der Waals surface area contributed by atoms with E-state index in [0.29, 0.717) is 18.2 Å². The third-order valence-corrected chi connectivity index (χ3v) is 3.32. The fourth-order valence-electron chi connectivity index (χ4n) is 1.89. The van der Waals surface area contributed by atoms with Crippen molar-refractivity contribution in [3.05, 3.63) is 11.4 Å². The Balaban J connectivity index is 2.00. The molecule has 1 aliphatic carbocycles. The molecule has 2 rings (SSSR count). The number of amides is 2. The van der Waals surface area contributed by atoms with Gasteiger partial charge >= 0.3 is 0 Å². The molecule has 1 fully saturated rings. The molecule has 1 aromatic rings. The molecule has 7 nitrogen and oxygen atoms in total. The monoisotopic (exact) mass is 265 g/mol. The Kier molecular flexibility index (Phi) is 3.73. The molecule has 1 aliphatic rings. The minimum Gasteiger partial charge on any atom is -0.395 e. The summed E-state index contributed by atoms with van der Waals surface area (Å²) in [5.41, 5.74) is 7.50. The van der Waals surface area contributed by atoms with E-state index in [-0.39, 0.29) is 23.9 Å². The van der Waals surface area contributed by atoms with Gasteiger partial charge in [0.25, 0.3) is 5.91 Å². The molecule has 1 aromatic heterocycles. The van der Waals surface area contributed by atoms with Crippen LogP contribution in [0.5, 0.6) is 0 Å².